The predicted molar refractivity (Wildman–Crippen MR) is 143 cm³/mol. The summed E-state index contributed by atoms with van der Waals surface area (Å²) in [5.74, 6) is -0.512. The molecule has 0 radical (unpaired) electrons. The van der Waals surface area contributed by atoms with E-state index in [0.29, 0.717) is 29.1 Å². The van der Waals surface area contributed by atoms with E-state index in [2.05, 4.69) is 40.1 Å². The number of hydrogen-bond donors (Lipinski definition) is 2. The maximum atomic E-state index is 11.9. The minimum Gasteiger partial charge on any atom is -0.478 e. The van der Waals surface area contributed by atoms with Crippen molar-refractivity contribution in [1.82, 2.24) is 9.97 Å². The summed E-state index contributed by atoms with van der Waals surface area (Å²) in [6.07, 6.45) is 9.13. The summed E-state index contributed by atoms with van der Waals surface area (Å²) in [6, 6.07) is 16.4. The Bertz CT molecular complexity index is 1320. The molecule has 0 bridgehead atoms. The van der Waals surface area contributed by atoms with Crippen molar-refractivity contribution in [3.63, 3.8) is 0 Å². The highest BCUT2D eigenvalue weighted by Gasteiger charge is 2.25. The number of rotatable bonds is 8. The normalized spacial score (nSPS) is 14.3. The zero-order valence-corrected chi connectivity index (χ0v) is 20.8. The molecule has 2 aromatic heterocycles. The number of para-hydroxylation sites is 2. The molecule has 4 aromatic rings. The maximum Gasteiger partial charge on any atom is 0.337 e. The van der Waals surface area contributed by atoms with Crippen molar-refractivity contribution in [3.05, 3.63) is 66.5 Å². The van der Waals surface area contributed by atoms with E-state index >= 15 is 0 Å². The zero-order chi connectivity index (χ0) is 25.1. The lowest BCUT2D eigenvalue weighted by Gasteiger charge is -2.38. The fourth-order valence-electron chi connectivity index (χ4n) is 5.14. The van der Waals surface area contributed by atoms with Crippen molar-refractivity contribution in [1.29, 1.82) is 0 Å². The quantitative estimate of drug-likeness (QED) is 0.275. The van der Waals surface area contributed by atoms with Crippen LogP contribution in [0, 0.1) is 5.92 Å². The molecule has 5 rings (SSSR count). The number of fused-ring (bicyclic) bond motifs is 1. The van der Waals surface area contributed by atoms with Crippen molar-refractivity contribution in [2.75, 3.05) is 16.8 Å². The highest BCUT2D eigenvalue weighted by molar-refractivity contribution is 5.96. The summed E-state index contributed by atoms with van der Waals surface area (Å²) >= 11 is 0. The lowest BCUT2D eigenvalue weighted by molar-refractivity contribution is 0.0697. The van der Waals surface area contributed by atoms with Crippen LogP contribution >= 0.6 is 0 Å². The third-order valence-electron chi connectivity index (χ3n) is 6.78. The van der Waals surface area contributed by atoms with Gasteiger partial charge in [0.1, 0.15) is 5.52 Å². The molecule has 7 nitrogen and oxygen atoms in total. The van der Waals surface area contributed by atoms with E-state index < -0.39 is 5.97 Å². The zero-order valence-electron chi connectivity index (χ0n) is 20.8. The molecule has 2 N–H and O–H groups in total. The van der Waals surface area contributed by atoms with Gasteiger partial charge in [-0.1, -0.05) is 51.3 Å². The number of nitrogens with one attached hydrogen (secondary N) is 1. The molecule has 0 aliphatic heterocycles. The number of anilines is 3. The van der Waals surface area contributed by atoms with E-state index in [0.717, 1.165) is 29.0 Å². The van der Waals surface area contributed by atoms with Crippen molar-refractivity contribution in [2.24, 2.45) is 5.92 Å². The van der Waals surface area contributed by atoms with Crippen LogP contribution in [0.5, 0.6) is 0 Å². The lowest BCUT2D eigenvalue weighted by atomic mass is 9.92. The molecule has 1 fully saturated rings. The highest BCUT2D eigenvalue weighted by atomic mass is 16.4. The van der Waals surface area contributed by atoms with Gasteiger partial charge in [0.15, 0.2) is 5.58 Å². The molecule has 0 unspecified atom stereocenters. The number of carboxylic acids is 1. The fourth-order valence-corrected chi connectivity index (χ4v) is 5.14. The SMILES string of the molecule is CC(C)CN(c1ccc(-c2ccncc2C(=O)O)cc1Nc1nc2ccccc2o1)C1CCCCC1. The molecule has 1 saturated carbocycles. The van der Waals surface area contributed by atoms with Crippen LogP contribution in [0.15, 0.2) is 65.3 Å². The summed E-state index contributed by atoms with van der Waals surface area (Å²) in [5.41, 5.74) is 5.01. The summed E-state index contributed by atoms with van der Waals surface area (Å²) in [6.45, 7) is 5.42. The van der Waals surface area contributed by atoms with Gasteiger partial charge in [-0.25, -0.2) is 4.79 Å². The third-order valence-corrected chi connectivity index (χ3v) is 6.78. The van der Waals surface area contributed by atoms with E-state index in [1.165, 1.54) is 38.3 Å². The summed E-state index contributed by atoms with van der Waals surface area (Å²) in [4.78, 5) is 23.0. The van der Waals surface area contributed by atoms with Crippen molar-refractivity contribution in [3.8, 4) is 11.1 Å². The first kappa shape index (κ1) is 23.9. The molecule has 2 aromatic carbocycles. The van der Waals surface area contributed by atoms with Gasteiger partial charge in [-0.2, -0.15) is 4.98 Å². The summed E-state index contributed by atoms with van der Waals surface area (Å²) in [5, 5.41) is 13.2. The van der Waals surface area contributed by atoms with Crippen LogP contribution in [0.25, 0.3) is 22.2 Å². The Labute approximate surface area is 211 Å². The second-order valence-corrected chi connectivity index (χ2v) is 9.91. The van der Waals surface area contributed by atoms with Gasteiger partial charge in [-0.15, -0.1) is 0 Å². The fraction of sp³-hybridized carbons (Fsp3) is 0.345. The largest absolute Gasteiger partial charge is 0.478 e. The maximum absolute atomic E-state index is 11.9. The number of nitrogens with zero attached hydrogens (tertiary/aromatic N) is 3. The summed E-state index contributed by atoms with van der Waals surface area (Å²) in [7, 11) is 0. The smallest absolute Gasteiger partial charge is 0.337 e. The van der Waals surface area contributed by atoms with Crippen LogP contribution in [0.4, 0.5) is 17.4 Å². The Morgan fingerprint density at radius 2 is 1.94 bits per heavy atom. The first-order chi connectivity index (χ1) is 17.5. The average Bonchev–Trinajstić information content (AvgIpc) is 3.30. The Morgan fingerprint density at radius 3 is 2.69 bits per heavy atom. The topological polar surface area (TPSA) is 91.5 Å². The number of oxazole rings is 1. The predicted octanol–water partition coefficient (Wildman–Crippen LogP) is 7.13. The number of carbonyl (C=O) groups is 1. The third kappa shape index (κ3) is 5.05. The van der Waals surface area contributed by atoms with E-state index in [-0.39, 0.29) is 5.56 Å². The molecule has 186 valence electrons. The minimum atomic E-state index is -1.00. The molecule has 0 atom stereocenters. The van der Waals surface area contributed by atoms with Crippen molar-refractivity contribution < 1.29 is 14.3 Å². The van der Waals surface area contributed by atoms with Gasteiger partial charge < -0.3 is 19.7 Å². The molecule has 0 saturated heterocycles. The van der Waals surface area contributed by atoms with Gasteiger partial charge in [0.25, 0.3) is 6.01 Å². The number of carboxylic acid groups (broad SMARTS) is 1. The monoisotopic (exact) mass is 484 g/mol. The molecule has 1 aliphatic rings. The lowest BCUT2D eigenvalue weighted by Crippen LogP contribution is -2.39. The molecular formula is C29H32N4O3. The first-order valence-electron chi connectivity index (χ1n) is 12.7. The van der Waals surface area contributed by atoms with Crippen LogP contribution in [0.2, 0.25) is 0 Å². The van der Waals surface area contributed by atoms with Crippen LogP contribution in [0.3, 0.4) is 0 Å². The standard InChI is InChI=1S/C29H32N4O3/c1-19(2)18-33(21-8-4-3-5-9-21)26-13-12-20(22-14-15-30-17-23(22)28(34)35)16-25(26)32-29-31-24-10-6-7-11-27(24)36-29/h6-7,10-17,19,21H,3-5,8-9,18H2,1-2H3,(H,31,32)(H,34,35). The van der Waals surface area contributed by atoms with Gasteiger partial charge in [0, 0.05) is 25.0 Å². The Morgan fingerprint density at radius 1 is 1.14 bits per heavy atom. The Balaban J connectivity index is 1.61. The van der Waals surface area contributed by atoms with Crippen LogP contribution in [-0.2, 0) is 0 Å². The van der Waals surface area contributed by atoms with Gasteiger partial charge in [0.2, 0.25) is 0 Å². The van der Waals surface area contributed by atoms with E-state index in [9.17, 15) is 9.90 Å². The van der Waals surface area contributed by atoms with E-state index in [1.807, 2.05) is 36.4 Å². The molecule has 1 aliphatic carbocycles. The van der Waals surface area contributed by atoms with Crippen LogP contribution in [-0.4, -0.2) is 33.6 Å². The number of benzene rings is 2. The molecule has 0 amide bonds. The Hall–Kier alpha value is -3.87. The van der Waals surface area contributed by atoms with Crippen molar-refractivity contribution in [2.45, 2.75) is 52.0 Å². The minimum absolute atomic E-state index is 0.171. The highest BCUT2D eigenvalue weighted by Crippen LogP contribution is 2.38. The molecule has 36 heavy (non-hydrogen) atoms. The molecule has 0 spiro atoms. The number of aromatic nitrogens is 2. The number of pyridine rings is 1. The van der Waals surface area contributed by atoms with Gasteiger partial charge >= 0.3 is 5.97 Å². The second-order valence-electron chi connectivity index (χ2n) is 9.91. The average molecular weight is 485 g/mol. The van der Waals surface area contributed by atoms with Crippen LogP contribution < -0.4 is 10.2 Å². The molecule has 7 heteroatoms. The van der Waals surface area contributed by atoms with E-state index in [4.69, 9.17) is 4.42 Å². The Kier molecular flexibility index (Phi) is 6.89. The number of hydrogen-bond acceptors (Lipinski definition) is 6. The van der Waals surface area contributed by atoms with Gasteiger partial charge in [-0.3, -0.25) is 4.98 Å². The molecule has 2 heterocycles. The first-order valence-corrected chi connectivity index (χ1v) is 12.7. The van der Waals surface area contributed by atoms with Gasteiger partial charge in [-0.05, 0) is 60.2 Å². The molecular weight excluding hydrogens is 452 g/mol. The van der Waals surface area contributed by atoms with Crippen LogP contribution in [0.1, 0.15) is 56.3 Å². The summed E-state index contributed by atoms with van der Waals surface area (Å²) < 4.78 is 6.00. The number of aromatic carboxylic acids is 1. The van der Waals surface area contributed by atoms with E-state index in [1.54, 1.807) is 12.3 Å². The second kappa shape index (κ2) is 10.4. The van der Waals surface area contributed by atoms with Crippen molar-refractivity contribution >= 4 is 34.5 Å². The van der Waals surface area contributed by atoms with Gasteiger partial charge in [0.05, 0.1) is 16.9 Å².